The lowest BCUT2D eigenvalue weighted by Gasteiger charge is -2.09. The van der Waals surface area contributed by atoms with E-state index in [2.05, 4.69) is 4.74 Å². The Morgan fingerprint density at radius 1 is 0.349 bits per heavy atom. The van der Waals surface area contributed by atoms with Crippen molar-refractivity contribution in [3.05, 3.63) is 0 Å². The molecule has 0 bridgehead atoms. The Balaban J connectivity index is 3.04. The van der Waals surface area contributed by atoms with Gasteiger partial charge in [0.2, 0.25) is 0 Å². The second-order valence-electron chi connectivity index (χ2n) is 8.36. The van der Waals surface area contributed by atoms with E-state index in [4.69, 9.17) is 56.8 Å². The minimum absolute atomic E-state index is 0.110. The van der Waals surface area contributed by atoms with E-state index in [0.717, 1.165) is 0 Å². The van der Waals surface area contributed by atoms with E-state index < -0.39 is 6.67 Å². The van der Waals surface area contributed by atoms with Crippen molar-refractivity contribution in [2.45, 2.75) is 6.42 Å². The molecule has 0 aromatic rings. The number of hydrogen-bond donors (Lipinski definition) is 0. The molecule has 0 fully saturated rings. The molecule has 0 aromatic carbocycles. The predicted octanol–water partition coefficient (Wildman–Crippen LogP) is 0.718. The van der Waals surface area contributed by atoms with Crippen LogP contribution >= 0.6 is 0 Å². The van der Waals surface area contributed by atoms with Gasteiger partial charge in [0.25, 0.3) is 0 Å². The van der Waals surface area contributed by atoms with Crippen molar-refractivity contribution in [2.75, 3.05) is 172 Å². The van der Waals surface area contributed by atoms with Crippen LogP contribution in [0.3, 0.4) is 0 Å². The second-order valence-corrected chi connectivity index (χ2v) is 8.36. The van der Waals surface area contributed by atoms with Gasteiger partial charge in [0.1, 0.15) is 6.67 Å². The maximum Gasteiger partial charge on any atom is 0.307 e. The highest BCUT2D eigenvalue weighted by Crippen LogP contribution is 1.89. The molecule has 0 aliphatic carbocycles. The van der Waals surface area contributed by atoms with E-state index in [1.54, 1.807) is 0 Å². The van der Waals surface area contributed by atoms with Gasteiger partial charge in [0, 0.05) is 0 Å². The SMILES string of the molecule is COC(=O)CCOCCOCCOCCOCCOCCOCCOCCOCCOCCOCCOCCOCCF. The first-order valence-electron chi connectivity index (χ1n) is 14.9. The Morgan fingerprint density at radius 3 is 0.721 bits per heavy atom. The number of hydrogen-bond acceptors (Lipinski definition) is 14. The maximum absolute atomic E-state index is 11.8. The lowest BCUT2D eigenvalue weighted by Crippen LogP contribution is -2.15. The van der Waals surface area contributed by atoms with E-state index >= 15 is 0 Å². The van der Waals surface area contributed by atoms with Gasteiger partial charge in [-0.3, -0.25) is 4.79 Å². The zero-order valence-electron chi connectivity index (χ0n) is 26.0. The number of rotatable bonds is 38. The van der Waals surface area contributed by atoms with E-state index in [0.29, 0.717) is 152 Å². The summed E-state index contributed by atoms with van der Waals surface area (Å²) in [6, 6.07) is 0. The summed E-state index contributed by atoms with van der Waals surface area (Å²) in [4.78, 5) is 10.9. The normalized spacial score (nSPS) is 11.4. The topological polar surface area (TPSA) is 137 Å². The molecule has 0 aromatic heterocycles. The van der Waals surface area contributed by atoms with Crippen LogP contribution in [0.5, 0.6) is 0 Å². The summed E-state index contributed by atoms with van der Waals surface area (Å²) in [5.74, 6) is -0.289. The molecule has 15 heteroatoms. The average Bonchev–Trinajstić information content (AvgIpc) is 3.02. The highest BCUT2D eigenvalue weighted by Gasteiger charge is 1.99. The Labute approximate surface area is 255 Å². The highest BCUT2D eigenvalue weighted by molar-refractivity contribution is 5.69. The third-order valence-corrected chi connectivity index (χ3v) is 4.99. The van der Waals surface area contributed by atoms with Crippen LogP contribution in [0.1, 0.15) is 6.42 Å². The van der Waals surface area contributed by atoms with Gasteiger partial charge in [-0.15, -0.1) is 0 Å². The third-order valence-electron chi connectivity index (χ3n) is 4.99. The summed E-state index contributed by atoms with van der Waals surface area (Å²) in [5.41, 5.74) is 0. The van der Waals surface area contributed by atoms with Gasteiger partial charge in [-0.25, -0.2) is 4.39 Å². The Bertz CT molecular complexity index is 536. The van der Waals surface area contributed by atoms with Gasteiger partial charge in [-0.1, -0.05) is 0 Å². The summed E-state index contributed by atoms with van der Waals surface area (Å²) in [7, 11) is 1.35. The van der Waals surface area contributed by atoms with Gasteiger partial charge in [0.15, 0.2) is 0 Å². The molecule has 0 atom stereocenters. The van der Waals surface area contributed by atoms with E-state index in [1.165, 1.54) is 7.11 Å². The fourth-order valence-corrected chi connectivity index (χ4v) is 2.83. The van der Waals surface area contributed by atoms with Gasteiger partial charge >= 0.3 is 5.97 Å². The zero-order chi connectivity index (χ0) is 31.2. The van der Waals surface area contributed by atoms with Crippen molar-refractivity contribution >= 4 is 5.97 Å². The monoisotopic (exact) mass is 634 g/mol. The van der Waals surface area contributed by atoms with Crippen molar-refractivity contribution in [1.82, 2.24) is 0 Å². The van der Waals surface area contributed by atoms with Crippen molar-refractivity contribution in [3.63, 3.8) is 0 Å². The molecular formula is C28H55FO14. The molecule has 0 N–H and O–H groups in total. The summed E-state index contributed by atoms with van der Waals surface area (Å²) >= 11 is 0. The molecule has 14 nitrogen and oxygen atoms in total. The second kappa shape index (κ2) is 38.9. The quantitative estimate of drug-likeness (QED) is 0.0697. The zero-order valence-corrected chi connectivity index (χ0v) is 26.0. The van der Waals surface area contributed by atoms with Crippen LogP contribution in [0, 0.1) is 0 Å². The molecule has 0 amide bonds. The van der Waals surface area contributed by atoms with Crippen molar-refractivity contribution < 1.29 is 70.8 Å². The number of ether oxygens (including phenoxy) is 13. The van der Waals surface area contributed by atoms with E-state index in [-0.39, 0.29) is 19.0 Å². The van der Waals surface area contributed by atoms with Crippen LogP contribution < -0.4 is 0 Å². The number of esters is 1. The molecule has 0 aliphatic rings. The molecule has 0 saturated heterocycles. The van der Waals surface area contributed by atoms with Gasteiger partial charge in [-0.2, -0.15) is 0 Å². The summed E-state index contributed by atoms with van der Waals surface area (Å²) in [5, 5.41) is 0. The molecule has 0 aliphatic heterocycles. The lowest BCUT2D eigenvalue weighted by molar-refractivity contribution is -0.141. The Kier molecular flexibility index (Phi) is 38.0. The molecule has 0 spiro atoms. The first-order valence-corrected chi connectivity index (χ1v) is 14.9. The lowest BCUT2D eigenvalue weighted by atomic mass is 10.5. The average molecular weight is 635 g/mol. The number of alkyl halides is 1. The predicted molar refractivity (Wildman–Crippen MR) is 152 cm³/mol. The molecule has 0 saturated carbocycles. The van der Waals surface area contributed by atoms with Crippen LogP contribution in [-0.2, 0) is 66.4 Å². The standard InChI is InChI=1S/C28H55FO14/c1-31-28(30)2-4-32-6-8-34-10-12-36-14-16-38-18-20-40-22-24-42-26-27-43-25-23-41-21-19-39-17-15-37-13-11-35-9-7-33-5-3-29/h2-27H2,1H3. The summed E-state index contributed by atoms with van der Waals surface area (Å²) in [6.45, 7) is 10.4. The van der Waals surface area contributed by atoms with Crippen LogP contribution in [0.4, 0.5) is 4.39 Å². The Hall–Kier alpha value is -1.08. The van der Waals surface area contributed by atoms with Crippen LogP contribution in [0.15, 0.2) is 0 Å². The molecule has 0 unspecified atom stereocenters. The number of carbonyl (C=O) groups is 1. The minimum Gasteiger partial charge on any atom is -0.469 e. The van der Waals surface area contributed by atoms with E-state index in [1.807, 2.05) is 0 Å². The fourth-order valence-electron chi connectivity index (χ4n) is 2.83. The van der Waals surface area contributed by atoms with Crippen LogP contribution in [0.25, 0.3) is 0 Å². The number of carbonyl (C=O) groups excluding carboxylic acids is 1. The van der Waals surface area contributed by atoms with Crippen molar-refractivity contribution in [3.8, 4) is 0 Å². The highest BCUT2D eigenvalue weighted by atomic mass is 19.1. The van der Waals surface area contributed by atoms with Gasteiger partial charge < -0.3 is 61.6 Å². The van der Waals surface area contributed by atoms with Gasteiger partial charge in [-0.05, 0) is 0 Å². The summed E-state index contributed by atoms with van der Waals surface area (Å²) in [6.07, 6.45) is 0.242. The molecule has 0 radical (unpaired) electrons. The minimum atomic E-state index is -0.478. The smallest absolute Gasteiger partial charge is 0.307 e. The van der Waals surface area contributed by atoms with Crippen molar-refractivity contribution in [2.24, 2.45) is 0 Å². The summed E-state index contributed by atoms with van der Waals surface area (Å²) < 4.78 is 80.6. The Morgan fingerprint density at radius 2 is 0.535 bits per heavy atom. The molecular weight excluding hydrogens is 579 g/mol. The first kappa shape index (κ1) is 41.9. The molecule has 0 heterocycles. The first-order chi connectivity index (χ1) is 21.3. The molecule has 43 heavy (non-hydrogen) atoms. The maximum atomic E-state index is 11.8. The van der Waals surface area contributed by atoms with Gasteiger partial charge in [0.05, 0.1) is 172 Å². The fraction of sp³-hybridized carbons (Fsp3) is 0.964. The third kappa shape index (κ3) is 38.9. The molecule has 258 valence electrons. The van der Waals surface area contributed by atoms with Crippen LogP contribution in [-0.4, -0.2) is 178 Å². The number of methoxy groups -OCH3 is 1. The van der Waals surface area contributed by atoms with Crippen molar-refractivity contribution in [1.29, 1.82) is 0 Å². The van der Waals surface area contributed by atoms with Crippen LogP contribution in [0.2, 0.25) is 0 Å². The molecule has 0 rings (SSSR count). The van der Waals surface area contributed by atoms with E-state index in [9.17, 15) is 9.18 Å². The largest absolute Gasteiger partial charge is 0.469 e. The number of halogens is 1.